The van der Waals surface area contributed by atoms with Crippen molar-refractivity contribution >= 4 is 33.0 Å². The topological polar surface area (TPSA) is 17.1 Å². The lowest BCUT2D eigenvalue weighted by Crippen LogP contribution is -2.11. The molecule has 78 valence electrons. The number of carbonyl (C=O) groups is 1. The molecule has 1 aromatic heterocycles. The Morgan fingerprint density at radius 2 is 2.07 bits per heavy atom. The maximum absolute atomic E-state index is 12.0. The second-order valence-corrected chi connectivity index (χ2v) is 5.82. The van der Waals surface area contributed by atoms with Gasteiger partial charge in [0.05, 0.1) is 8.66 Å². The lowest BCUT2D eigenvalue weighted by Gasteiger charge is -2.08. The van der Waals surface area contributed by atoms with Gasteiger partial charge in [-0.05, 0) is 47.3 Å². The van der Waals surface area contributed by atoms with Crippen molar-refractivity contribution in [2.45, 2.75) is 33.6 Å². The fourth-order valence-corrected chi connectivity index (χ4v) is 3.00. The minimum Gasteiger partial charge on any atom is -0.293 e. The van der Waals surface area contributed by atoms with Gasteiger partial charge >= 0.3 is 0 Å². The molecule has 0 N–H and O–H groups in total. The summed E-state index contributed by atoms with van der Waals surface area (Å²) in [6, 6.07) is 1.98. The van der Waals surface area contributed by atoms with Gasteiger partial charge in [-0.15, -0.1) is 11.3 Å². The number of thiophene rings is 1. The minimum atomic E-state index is 0.194. The third kappa shape index (κ3) is 2.45. The number of ketones is 1. The molecule has 0 aliphatic heterocycles. The molecule has 0 bridgehead atoms. The molecular weight excluding hydrogens is 260 g/mol. The van der Waals surface area contributed by atoms with E-state index in [1.807, 2.05) is 13.0 Å². The summed E-state index contributed by atoms with van der Waals surface area (Å²) in [5.74, 6) is 0.494. The first kappa shape index (κ1) is 11.9. The van der Waals surface area contributed by atoms with E-state index < -0.39 is 0 Å². The molecule has 14 heavy (non-hydrogen) atoms. The summed E-state index contributed by atoms with van der Waals surface area (Å²) in [5.41, 5.74) is 1.16. The Morgan fingerprint density at radius 3 is 2.43 bits per heavy atom. The first-order valence-corrected chi connectivity index (χ1v) is 6.51. The van der Waals surface area contributed by atoms with E-state index in [1.54, 1.807) is 11.3 Å². The standard InChI is InChI=1S/C11H15BrOS/c1-4-8(5-2)10(13)9-6-7(3)11(12)14-9/h6,8H,4-5H2,1-3H3. The van der Waals surface area contributed by atoms with Gasteiger partial charge in [0.1, 0.15) is 0 Å². The van der Waals surface area contributed by atoms with Gasteiger partial charge < -0.3 is 0 Å². The molecule has 3 heteroatoms. The Morgan fingerprint density at radius 1 is 1.50 bits per heavy atom. The monoisotopic (exact) mass is 274 g/mol. The van der Waals surface area contributed by atoms with E-state index in [2.05, 4.69) is 29.8 Å². The number of Topliss-reactive ketones (excluding diaryl/α,β-unsaturated/α-hetero) is 1. The molecule has 0 atom stereocenters. The van der Waals surface area contributed by atoms with E-state index in [0.29, 0.717) is 5.78 Å². The van der Waals surface area contributed by atoms with E-state index in [-0.39, 0.29) is 5.92 Å². The highest BCUT2D eigenvalue weighted by Gasteiger charge is 2.18. The van der Waals surface area contributed by atoms with Crippen molar-refractivity contribution in [1.29, 1.82) is 0 Å². The molecule has 0 unspecified atom stereocenters. The first-order valence-electron chi connectivity index (χ1n) is 4.90. The van der Waals surface area contributed by atoms with Crippen molar-refractivity contribution in [3.8, 4) is 0 Å². The van der Waals surface area contributed by atoms with E-state index in [9.17, 15) is 4.79 Å². The van der Waals surface area contributed by atoms with Gasteiger partial charge in [-0.25, -0.2) is 0 Å². The second-order valence-electron chi connectivity index (χ2n) is 3.45. The average molecular weight is 275 g/mol. The lowest BCUT2D eigenvalue weighted by atomic mass is 9.97. The molecule has 0 aliphatic rings. The SMILES string of the molecule is CCC(CC)C(=O)c1cc(C)c(Br)s1. The van der Waals surface area contributed by atoms with Gasteiger partial charge in [0.25, 0.3) is 0 Å². The first-order chi connectivity index (χ1) is 6.60. The largest absolute Gasteiger partial charge is 0.293 e. The number of carbonyl (C=O) groups excluding carboxylic acids is 1. The van der Waals surface area contributed by atoms with E-state index in [0.717, 1.165) is 27.1 Å². The van der Waals surface area contributed by atoms with E-state index >= 15 is 0 Å². The molecule has 1 heterocycles. The number of aryl methyl sites for hydroxylation is 1. The molecule has 0 saturated heterocycles. The zero-order chi connectivity index (χ0) is 10.7. The average Bonchev–Trinajstić information content (AvgIpc) is 2.49. The van der Waals surface area contributed by atoms with Gasteiger partial charge in [-0.3, -0.25) is 4.79 Å². The molecule has 0 aliphatic carbocycles. The molecule has 0 spiro atoms. The van der Waals surface area contributed by atoms with Crippen LogP contribution < -0.4 is 0 Å². The van der Waals surface area contributed by atoms with Crippen LogP contribution in [0.2, 0.25) is 0 Å². The predicted octanol–water partition coefficient (Wildman–Crippen LogP) is 4.44. The Labute approximate surface area is 97.7 Å². The maximum Gasteiger partial charge on any atom is 0.175 e. The van der Waals surface area contributed by atoms with Crippen molar-refractivity contribution in [3.05, 3.63) is 20.3 Å². The second kappa shape index (κ2) is 5.08. The number of hydrogen-bond donors (Lipinski definition) is 0. The van der Waals surface area contributed by atoms with Gasteiger partial charge in [0.15, 0.2) is 5.78 Å². The predicted molar refractivity (Wildman–Crippen MR) is 65.2 cm³/mol. The summed E-state index contributed by atoms with van der Waals surface area (Å²) >= 11 is 4.99. The van der Waals surface area contributed by atoms with Crippen LogP contribution in [0.25, 0.3) is 0 Å². The van der Waals surface area contributed by atoms with Crippen molar-refractivity contribution < 1.29 is 4.79 Å². The van der Waals surface area contributed by atoms with Crippen LogP contribution in [0.4, 0.5) is 0 Å². The summed E-state index contributed by atoms with van der Waals surface area (Å²) in [4.78, 5) is 12.9. The van der Waals surface area contributed by atoms with Gasteiger partial charge in [-0.2, -0.15) is 0 Å². The van der Waals surface area contributed by atoms with Crippen molar-refractivity contribution in [1.82, 2.24) is 0 Å². The molecule has 0 fully saturated rings. The van der Waals surface area contributed by atoms with Crippen LogP contribution in [0.3, 0.4) is 0 Å². The molecule has 1 nitrogen and oxygen atoms in total. The number of hydrogen-bond acceptors (Lipinski definition) is 2. The highest BCUT2D eigenvalue weighted by Crippen LogP contribution is 2.30. The lowest BCUT2D eigenvalue weighted by molar-refractivity contribution is 0.0917. The summed E-state index contributed by atoms with van der Waals surface area (Å²) < 4.78 is 1.08. The van der Waals surface area contributed by atoms with Crippen LogP contribution in [0, 0.1) is 12.8 Å². The minimum absolute atomic E-state index is 0.194. The van der Waals surface area contributed by atoms with Crippen LogP contribution in [-0.4, -0.2) is 5.78 Å². The van der Waals surface area contributed by atoms with Crippen LogP contribution in [0.15, 0.2) is 9.85 Å². The summed E-state index contributed by atoms with van der Waals surface area (Å²) in [5, 5.41) is 0. The molecule has 0 radical (unpaired) electrons. The highest BCUT2D eigenvalue weighted by molar-refractivity contribution is 9.11. The normalized spacial score (nSPS) is 10.9. The zero-order valence-electron chi connectivity index (χ0n) is 8.76. The van der Waals surface area contributed by atoms with Crippen LogP contribution in [0.1, 0.15) is 41.9 Å². The fraction of sp³-hybridized carbons (Fsp3) is 0.545. The third-order valence-electron chi connectivity index (χ3n) is 2.46. The van der Waals surface area contributed by atoms with E-state index in [4.69, 9.17) is 0 Å². The fourth-order valence-electron chi connectivity index (χ4n) is 1.44. The van der Waals surface area contributed by atoms with Gasteiger partial charge in [0, 0.05) is 5.92 Å². The molecule has 1 aromatic rings. The van der Waals surface area contributed by atoms with Crippen LogP contribution >= 0.6 is 27.3 Å². The van der Waals surface area contributed by atoms with Crippen LogP contribution in [0.5, 0.6) is 0 Å². The summed E-state index contributed by atoms with van der Waals surface area (Å²) in [7, 11) is 0. The quantitative estimate of drug-likeness (QED) is 0.742. The highest BCUT2D eigenvalue weighted by atomic mass is 79.9. The van der Waals surface area contributed by atoms with Crippen molar-refractivity contribution in [2.24, 2.45) is 5.92 Å². The summed E-state index contributed by atoms with van der Waals surface area (Å²) in [6.45, 7) is 6.16. The summed E-state index contributed by atoms with van der Waals surface area (Å²) in [6.07, 6.45) is 1.87. The van der Waals surface area contributed by atoms with Crippen LogP contribution in [-0.2, 0) is 0 Å². The zero-order valence-corrected chi connectivity index (χ0v) is 11.2. The molecule has 0 aromatic carbocycles. The van der Waals surface area contributed by atoms with E-state index in [1.165, 1.54) is 0 Å². The maximum atomic E-state index is 12.0. The third-order valence-corrected chi connectivity index (χ3v) is 4.61. The van der Waals surface area contributed by atoms with Gasteiger partial charge in [0.2, 0.25) is 0 Å². The van der Waals surface area contributed by atoms with Crippen molar-refractivity contribution in [3.63, 3.8) is 0 Å². The Bertz CT molecular complexity index is 307. The molecule has 0 amide bonds. The number of halogens is 1. The van der Waals surface area contributed by atoms with Crippen molar-refractivity contribution in [2.75, 3.05) is 0 Å². The number of rotatable bonds is 4. The smallest absolute Gasteiger partial charge is 0.175 e. The Kier molecular flexibility index (Phi) is 4.32. The Hall–Kier alpha value is -0.150. The molecule has 1 rings (SSSR count). The molecular formula is C11H15BrOS. The molecule has 0 saturated carbocycles. The van der Waals surface area contributed by atoms with Gasteiger partial charge in [-0.1, -0.05) is 13.8 Å². The Balaban J connectivity index is 2.88.